The van der Waals surface area contributed by atoms with Crippen LogP contribution in [0, 0.1) is 17.7 Å². The summed E-state index contributed by atoms with van der Waals surface area (Å²) in [7, 11) is 1.62. The zero-order chi connectivity index (χ0) is 15.5. The number of ether oxygens (including phenoxy) is 1. The third-order valence-corrected chi connectivity index (χ3v) is 2.74. The highest BCUT2D eigenvalue weighted by atomic mass is 19.1. The summed E-state index contributed by atoms with van der Waals surface area (Å²) in [5.74, 6) is 4.40. The number of nitrogens with one attached hydrogen (secondary N) is 1. The maximum Gasteiger partial charge on any atom is 0.254 e. The van der Waals surface area contributed by atoms with Crippen molar-refractivity contribution in [2.75, 3.05) is 26.9 Å². The number of amides is 1. The number of rotatable bonds is 7. The van der Waals surface area contributed by atoms with Gasteiger partial charge in [-0.3, -0.25) is 4.79 Å². The minimum atomic E-state index is -0.597. The lowest BCUT2D eigenvalue weighted by atomic mass is 10.1. The molecule has 0 heterocycles. The van der Waals surface area contributed by atoms with Crippen molar-refractivity contribution in [1.29, 1.82) is 0 Å². The zero-order valence-electron chi connectivity index (χ0n) is 12.1. The van der Waals surface area contributed by atoms with Crippen molar-refractivity contribution in [3.63, 3.8) is 0 Å². The highest BCUT2D eigenvalue weighted by molar-refractivity contribution is 5.94. The molecule has 0 fully saturated rings. The normalized spacial score (nSPS) is 9.86. The average Bonchev–Trinajstić information content (AvgIpc) is 2.47. The van der Waals surface area contributed by atoms with E-state index < -0.39 is 11.7 Å². The number of unbranched alkanes of at least 4 members (excludes halogenated alkanes) is 1. The molecule has 0 atom stereocenters. The van der Waals surface area contributed by atoms with Gasteiger partial charge in [0.15, 0.2) is 0 Å². The van der Waals surface area contributed by atoms with Crippen molar-refractivity contribution >= 4 is 5.91 Å². The molecule has 2 N–H and O–H groups in total. The van der Waals surface area contributed by atoms with E-state index in [-0.39, 0.29) is 12.2 Å². The molecule has 0 bridgehead atoms. The summed E-state index contributed by atoms with van der Waals surface area (Å²) in [6.45, 7) is 1.10. The third-order valence-electron chi connectivity index (χ3n) is 2.74. The maximum absolute atomic E-state index is 13.8. The van der Waals surface area contributed by atoms with Crippen LogP contribution in [0.5, 0.6) is 0 Å². The van der Waals surface area contributed by atoms with Crippen molar-refractivity contribution in [2.24, 2.45) is 0 Å². The number of halogens is 1. The van der Waals surface area contributed by atoms with Crippen LogP contribution in [0.25, 0.3) is 0 Å². The Morgan fingerprint density at radius 3 is 2.90 bits per heavy atom. The molecule has 4 nitrogen and oxygen atoms in total. The van der Waals surface area contributed by atoms with Gasteiger partial charge in [-0.2, -0.15) is 0 Å². The van der Waals surface area contributed by atoms with Crippen molar-refractivity contribution in [3.05, 3.63) is 35.1 Å². The van der Waals surface area contributed by atoms with Crippen LogP contribution in [-0.2, 0) is 4.74 Å². The first-order chi connectivity index (χ1) is 10.2. The minimum absolute atomic E-state index is 0.00875. The predicted octanol–water partition coefficient (Wildman–Crippen LogP) is 1.72. The Hall–Kier alpha value is -1.90. The quantitative estimate of drug-likeness (QED) is 0.594. The Kier molecular flexibility index (Phi) is 8.10. The van der Waals surface area contributed by atoms with Crippen LogP contribution in [0.1, 0.15) is 35.2 Å². The molecule has 1 amide bonds. The number of methoxy groups -OCH3 is 1. The Morgan fingerprint density at radius 1 is 1.43 bits per heavy atom. The van der Waals surface area contributed by atoms with Gasteiger partial charge in [0.1, 0.15) is 5.82 Å². The van der Waals surface area contributed by atoms with Gasteiger partial charge in [0, 0.05) is 32.2 Å². The third kappa shape index (κ3) is 6.39. The molecule has 5 heteroatoms. The molecule has 0 saturated heterocycles. The van der Waals surface area contributed by atoms with Crippen LogP contribution in [0.2, 0.25) is 0 Å². The van der Waals surface area contributed by atoms with Gasteiger partial charge in [0.2, 0.25) is 0 Å². The van der Waals surface area contributed by atoms with E-state index in [9.17, 15) is 9.18 Å². The van der Waals surface area contributed by atoms with E-state index in [0.29, 0.717) is 25.1 Å². The largest absolute Gasteiger partial charge is 0.395 e. The second kappa shape index (κ2) is 9.92. The number of hydrogen-bond donors (Lipinski definition) is 2. The molecule has 0 aromatic heterocycles. The summed E-state index contributed by atoms with van der Waals surface area (Å²) in [5.41, 5.74) is 0.493. The number of aliphatic hydroxyl groups is 1. The lowest BCUT2D eigenvalue weighted by Crippen LogP contribution is -2.25. The van der Waals surface area contributed by atoms with Crippen LogP contribution in [0.4, 0.5) is 4.39 Å². The fourth-order valence-electron chi connectivity index (χ4n) is 1.67. The molecule has 0 radical (unpaired) electrons. The lowest BCUT2D eigenvalue weighted by Gasteiger charge is -2.06. The van der Waals surface area contributed by atoms with E-state index in [0.717, 1.165) is 12.8 Å². The Morgan fingerprint density at radius 2 is 2.24 bits per heavy atom. The lowest BCUT2D eigenvalue weighted by molar-refractivity contribution is 0.0947. The van der Waals surface area contributed by atoms with Gasteiger partial charge in [0.05, 0.1) is 12.2 Å². The number of hydrogen-bond acceptors (Lipinski definition) is 3. The molecule has 0 aliphatic carbocycles. The number of carbonyl (C=O) groups excluding carboxylic acids is 1. The fraction of sp³-hybridized carbons (Fsp3) is 0.438. The molecule has 0 unspecified atom stereocenters. The minimum Gasteiger partial charge on any atom is -0.395 e. The zero-order valence-corrected chi connectivity index (χ0v) is 12.1. The van der Waals surface area contributed by atoms with E-state index in [1.165, 1.54) is 12.1 Å². The van der Waals surface area contributed by atoms with Gasteiger partial charge in [-0.25, -0.2) is 4.39 Å². The summed E-state index contributed by atoms with van der Waals surface area (Å²) in [6.07, 6.45) is 1.97. The molecule has 114 valence electrons. The molecule has 1 rings (SSSR count). The summed E-state index contributed by atoms with van der Waals surface area (Å²) < 4.78 is 18.7. The molecule has 0 aliphatic rings. The standard InChI is InChI=1S/C16H20FNO3/c1-21-11-5-3-9-18-16(20)14-8-7-13(12-15(14)17)6-2-4-10-19/h7-8,12,19H,3-5,9-11H2,1H3,(H,18,20). The summed E-state index contributed by atoms with van der Waals surface area (Å²) in [4.78, 5) is 11.8. The first kappa shape index (κ1) is 17.2. The smallest absolute Gasteiger partial charge is 0.254 e. The number of benzene rings is 1. The number of carbonyl (C=O) groups is 1. The van der Waals surface area contributed by atoms with E-state index in [2.05, 4.69) is 17.2 Å². The molecule has 21 heavy (non-hydrogen) atoms. The van der Waals surface area contributed by atoms with Gasteiger partial charge in [-0.05, 0) is 31.0 Å². The van der Waals surface area contributed by atoms with Gasteiger partial charge in [0.25, 0.3) is 5.91 Å². The average molecular weight is 293 g/mol. The summed E-state index contributed by atoms with van der Waals surface area (Å²) in [6, 6.07) is 4.24. The van der Waals surface area contributed by atoms with E-state index in [1.54, 1.807) is 13.2 Å². The summed E-state index contributed by atoms with van der Waals surface area (Å²) in [5, 5.41) is 11.3. The van der Waals surface area contributed by atoms with Crippen molar-refractivity contribution < 1.29 is 19.0 Å². The van der Waals surface area contributed by atoms with Crippen molar-refractivity contribution in [2.45, 2.75) is 19.3 Å². The molecular weight excluding hydrogens is 273 g/mol. The highest BCUT2D eigenvalue weighted by Crippen LogP contribution is 2.10. The Labute approximate surface area is 124 Å². The molecule has 1 aromatic carbocycles. The second-order valence-corrected chi connectivity index (χ2v) is 4.43. The van der Waals surface area contributed by atoms with E-state index in [1.807, 2.05) is 0 Å². The van der Waals surface area contributed by atoms with Gasteiger partial charge in [-0.15, -0.1) is 0 Å². The Bertz CT molecular complexity index is 520. The predicted molar refractivity (Wildman–Crippen MR) is 78.4 cm³/mol. The van der Waals surface area contributed by atoms with Crippen molar-refractivity contribution in [1.82, 2.24) is 5.32 Å². The van der Waals surface area contributed by atoms with Crippen LogP contribution >= 0.6 is 0 Å². The van der Waals surface area contributed by atoms with E-state index >= 15 is 0 Å². The summed E-state index contributed by atoms with van der Waals surface area (Å²) >= 11 is 0. The van der Waals surface area contributed by atoms with Gasteiger partial charge in [-0.1, -0.05) is 11.8 Å². The van der Waals surface area contributed by atoms with Gasteiger partial charge >= 0.3 is 0 Å². The SMILES string of the molecule is COCCCCNC(=O)c1ccc(C#CCCO)cc1F. The van der Waals surface area contributed by atoms with Crippen LogP contribution in [0.3, 0.4) is 0 Å². The molecular formula is C16H20FNO3. The molecule has 0 saturated carbocycles. The molecule has 1 aromatic rings. The maximum atomic E-state index is 13.8. The monoisotopic (exact) mass is 293 g/mol. The number of aliphatic hydroxyl groups excluding tert-OH is 1. The topological polar surface area (TPSA) is 58.6 Å². The van der Waals surface area contributed by atoms with Crippen LogP contribution < -0.4 is 5.32 Å². The molecule has 0 spiro atoms. The van der Waals surface area contributed by atoms with Crippen LogP contribution in [-0.4, -0.2) is 37.9 Å². The second-order valence-electron chi connectivity index (χ2n) is 4.43. The Balaban J connectivity index is 2.55. The van der Waals surface area contributed by atoms with E-state index in [4.69, 9.17) is 9.84 Å². The molecule has 0 aliphatic heterocycles. The van der Waals surface area contributed by atoms with Gasteiger partial charge < -0.3 is 15.2 Å². The first-order valence-electron chi connectivity index (χ1n) is 6.85. The highest BCUT2D eigenvalue weighted by Gasteiger charge is 2.11. The fourth-order valence-corrected chi connectivity index (χ4v) is 1.67. The van der Waals surface area contributed by atoms with Crippen LogP contribution in [0.15, 0.2) is 18.2 Å². The van der Waals surface area contributed by atoms with Crippen molar-refractivity contribution in [3.8, 4) is 11.8 Å². The first-order valence-corrected chi connectivity index (χ1v) is 6.85.